The number of carbonyl (C=O) groups is 1. The maximum absolute atomic E-state index is 11.1. The molecule has 29 heavy (non-hydrogen) atoms. The van der Waals surface area contributed by atoms with Gasteiger partial charge < -0.3 is 19.6 Å². The van der Waals surface area contributed by atoms with Crippen molar-refractivity contribution in [2.75, 3.05) is 7.11 Å². The Balaban J connectivity index is 1.46. The molecule has 2 aromatic rings. The fraction of sp³-hybridized carbons (Fsp3) is 0.476. The van der Waals surface area contributed by atoms with Gasteiger partial charge in [-0.05, 0) is 36.8 Å². The number of hydrogen-bond donors (Lipinski definition) is 2. The maximum atomic E-state index is 11.1. The van der Waals surface area contributed by atoms with E-state index in [0.29, 0.717) is 50.5 Å². The summed E-state index contributed by atoms with van der Waals surface area (Å²) in [5.74, 6) is -0.381. The number of aromatic nitrogens is 2. The van der Waals surface area contributed by atoms with Gasteiger partial charge in [0.25, 0.3) is 6.01 Å². The molecule has 1 aliphatic carbocycles. The van der Waals surface area contributed by atoms with Crippen molar-refractivity contribution in [2.24, 2.45) is 10.9 Å². The predicted molar refractivity (Wildman–Crippen MR) is 109 cm³/mol. The zero-order valence-electron chi connectivity index (χ0n) is 16.2. The Morgan fingerprint density at radius 1 is 1.24 bits per heavy atom. The number of aliphatic carboxylic acids is 1. The van der Waals surface area contributed by atoms with Crippen LogP contribution in [0, 0.1) is 5.92 Å². The summed E-state index contributed by atoms with van der Waals surface area (Å²) in [6.45, 7) is 0.565. The second-order valence-electron chi connectivity index (χ2n) is 7.57. The standard InChI is InChI=1S/C21H24ClN3O4/c1-28-11-12-2-4-13(5-3-12)18-16(22)10-17-19(24-18)25-21(23-17)29-15-8-6-14(7-9-15)20(26)27/h2-5,14-16H,6-11H2,1H3,(H,23,25)(H,26,27). The van der Waals surface area contributed by atoms with Crippen LogP contribution in [-0.4, -0.2) is 45.3 Å². The summed E-state index contributed by atoms with van der Waals surface area (Å²) in [7, 11) is 1.67. The third-order valence-electron chi connectivity index (χ3n) is 5.50. The van der Waals surface area contributed by atoms with E-state index >= 15 is 0 Å². The van der Waals surface area contributed by atoms with Gasteiger partial charge in [0.2, 0.25) is 0 Å². The highest BCUT2D eigenvalue weighted by Crippen LogP contribution is 2.32. The predicted octanol–water partition coefficient (Wildman–Crippen LogP) is 3.86. The van der Waals surface area contributed by atoms with Crippen LogP contribution in [0.5, 0.6) is 6.01 Å². The Kier molecular flexibility index (Phi) is 5.87. The number of nitrogens with one attached hydrogen (secondary N) is 1. The molecule has 4 rings (SSSR count). The lowest BCUT2D eigenvalue weighted by atomic mass is 9.87. The second kappa shape index (κ2) is 8.55. The van der Waals surface area contributed by atoms with Gasteiger partial charge in [-0.2, -0.15) is 4.98 Å². The van der Waals surface area contributed by atoms with E-state index < -0.39 is 5.97 Å². The average Bonchev–Trinajstić information content (AvgIpc) is 3.09. The van der Waals surface area contributed by atoms with E-state index in [-0.39, 0.29) is 17.4 Å². The number of fused-ring (bicyclic) bond motifs is 1. The summed E-state index contributed by atoms with van der Waals surface area (Å²) in [4.78, 5) is 23.4. The van der Waals surface area contributed by atoms with Gasteiger partial charge in [-0.25, -0.2) is 4.99 Å². The topological polar surface area (TPSA) is 96.8 Å². The van der Waals surface area contributed by atoms with Crippen molar-refractivity contribution in [2.45, 2.75) is 50.2 Å². The number of aliphatic imine (C=N–C) groups is 1. The van der Waals surface area contributed by atoms with Crippen LogP contribution >= 0.6 is 11.6 Å². The van der Waals surface area contributed by atoms with E-state index in [1.54, 1.807) is 7.11 Å². The van der Waals surface area contributed by atoms with Crippen molar-refractivity contribution in [1.82, 2.24) is 9.97 Å². The van der Waals surface area contributed by atoms with Crippen LogP contribution in [0.4, 0.5) is 5.82 Å². The van der Waals surface area contributed by atoms with E-state index in [4.69, 9.17) is 26.2 Å². The van der Waals surface area contributed by atoms with Gasteiger partial charge in [0, 0.05) is 13.5 Å². The van der Waals surface area contributed by atoms with Crippen molar-refractivity contribution in [3.8, 4) is 6.01 Å². The third-order valence-corrected chi connectivity index (χ3v) is 5.87. The Morgan fingerprint density at radius 2 is 1.97 bits per heavy atom. The molecule has 0 amide bonds. The van der Waals surface area contributed by atoms with E-state index in [2.05, 4.69) is 15.0 Å². The molecule has 1 aromatic carbocycles. The molecule has 0 spiro atoms. The number of rotatable bonds is 6. The monoisotopic (exact) mass is 417 g/mol. The first kappa shape index (κ1) is 19.9. The molecule has 0 saturated heterocycles. The first-order valence-electron chi connectivity index (χ1n) is 9.82. The number of halogens is 1. The van der Waals surface area contributed by atoms with Crippen LogP contribution < -0.4 is 4.74 Å². The average molecular weight is 418 g/mol. The molecule has 2 aliphatic rings. The van der Waals surface area contributed by atoms with Crippen LogP contribution in [0.15, 0.2) is 29.3 Å². The van der Waals surface area contributed by atoms with Gasteiger partial charge in [0.1, 0.15) is 6.10 Å². The van der Waals surface area contributed by atoms with Crippen molar-refractivity contribution in [3.63, 3.8) is 0 Å². The molecular formula is C21H24ClN3O4. The van der Waals surface area contributed by atoms with Crippen LogP contribution in [0.3, 0.4) is 0 Å². The van der Waals surface area contributed by atoms with Gasteiger partial charge >= 0.3 is 5.97 Å². The van der Waals surface area contributed by atoms with Gasteiger partial charge in [-0.15, -0.1) is 11.6 Å². The van der Waals surface area contributed by atoms with Crippen LogP contribution in [0.2, 0.25) is 0 Å². The highest BCUT2D eigenvalue weighted by molar-refractivity contribution is 6.35. The summed E-state index contributed by atoms with van der Waals surface area (Å²) in [6, 6.07) is 8.44. The molecule has 8 heteroatoms. The summed E-state index contributed by atoms with van der Waals surface area (Å²) in [5.41, 5.74) is 3.71. The minimum absolute atomic E-state index is 0.0261. The summed E-state index contributed by atoms with van der Waals surface area (Å²) >= 11 is 6.59. The van der Waals surface area contributed by atoms with Crippen LogP contribution in [0.25, 0.3) is 0 Å². The van der Waals surface area contributed by atoms with Gasteiger partial charge in [-0.3, -0.25) is 4.79 Å². The number of benzene rings is 1. The summed E-state index contributed by atoms with van der Waals surface area (Å²) < 4.78 is 11.1. The number of ether oxygens (including phenoxy) is 2. The molecule has 0 bridgehead atoms. The Labute approximate surface area is 174 Å². The van der Waals surface area contributed by atoms with Crippen molar-refractivity contribution in [3.05, 3.63) is 41.1 Å². The number of carboxylic acid groups (broad SMARTS) is 1. The first-order valence-corrected chi connectivity index (χ1v) is 10.3. The molecule has 1 atom stereocenters. The molecule has 1 aliphatic heterocycles. The van der Waals surface area contributed by atoms with E-state index in [0.717, 1.165) is 22.5 Å². The fourth-order valence-corrected chi connectivity index (χ4v) is 4.23. The van der Waals surface area contributed by atoms with Crippen LogP contribution in [0.1, 0.15) is 42.5 Å². The van der Waals surface area contributed by atoms with Crippen LogP contribution in [-0.2, 0) is 22.6 Å². The van der Waals surface area contributed by atoms with Gasteiger partial charge in [0.15, 0.2) is 5.82 Å². The molecule has 1 fully saturated rings. The molecule has 0 radical (unpaired) electrons. The number of carboxylic acids is 1. The number of H-pyrrole nitrogens is 1. The number of methoxy groups -OCH3 is 1. The highest BCUT2D eigenvalue weighted by atomic mass is 35.5. The number of alkyl halides is 1. The van der Waals surface area contributed by atoms with Crippen molar-refractivity contribution in [1.29, 1.82) is 0 Å². The van der Waals surface area contributed by atoms with Crippen molar-refractivity contribution < 1.29 is 19.4 Å². The van der Waals surface area contributed by atoms with E-state index in [1.165, 1.54) is 0 Å². The number of hydrogen-bond acceptors (Lipinski definition) is 5. The number of imidazole rings is 1. The highest BCUT2D eigenvalue weighted by Gasteiger charge is 2.29. The molecule has 2 heterocycles. The van der Waals surface area contributed by atoms with Gasteiger partial charge in [-0.1, -0.05) is 24.3 Å². The quantitative estimate of drug-likeness (QED) is 0.695. The number of nitrogens with zero attached hydrogens (tertiary/aromatic N) is 2. The van der Waals surface area contributed by atoms with E-state index in [1.807, 2.05) is 24.3 Å². The zero-order chi connectivity index (χ0) is 20.4. The normalized spacial score (nSPS) is 23.9. The molecule has 1 saturated carbocycles. The zero-order valence-corrected chi connectivity index (χ0v) is 17.0. The first-order chi connectivity index (χ1) is 14.0. The smallest absolute Gasteiger partial charge is 0.306 e. The summed E-state index contributed by atoms with van der Waals surface area (Å²) in [6.07, 6.45) is 3.25. The minimum atomic E-state index is -0.720. The molecule has 1 aromatic heterocycles. The molecule has 1 unspecified atom stereocenters. The number of aromatic amines is 1. The lowest BCUT2D eigenvalue weighted by Crippen LogP contribution is -2.28. The Bertz CT molecular complexity index is 901. The Morgan fingerprint density at radius 3 is 2.62 bits per heavy atom. The summed E-state index contributed by atoms with van der Waals surface area (Å²) in [5, 5.41) is 8.86. The molecule has 154 valence electrons. The lowest BCUT2D eigenvalue weighted by Gasteiger charge is -2.25. The third kappa shape index (κ3) is 4.46. The minimum Gasteiger partial charge on any atom is -0.481 e. The Hall–Kier alpha value is -2.38. The molecule has 2 N–H and O–H groups in total. The second-order valence-corrected chi connectivity index (χ2v) is 8.10. The molecule has 7 nitrogen and oxygen atoms in total. The largest absolute Gasteiger partial charge is 0.481 e. The van der Waals surface area contributed by atoms with Gasteiger partial charge in [0.05, 0.1) is 29.3 Å². The maximum Gasteiger partial charge on any atom is 0.306 e. The SMILES string of the molecule is COCc1ccc(C2=Nc3nc(OC4CCC(C(=O)O)CC4)[nH]c3CC2Cl)cc1. The van der Waals surface area contributed by atoms with E-state index in [9.17, 15) is 4.79 Å². The lowest BCUT2D eigenvalue weighted by molar-refractivity contribution is -0.143. The van der Waals surface area contributed by atoms with Crippen molar-refractivity contribution >= 4 is 29.1 Å². The molecular weight excluding hydrogens is 394 g/mol. The fourth-order valence-electron chi connectivity index (χ4n) is 3.90.